The van der Waals surface area contributed by atoms with E-state index < -0.39 is 0 Å². The molecule has 0 spiro atoms. The Balaban J connectivity index is 1.47. The van der Waals surface area contributed by atoms with E-state index in [1.165, 1.54) is 0 Å². The van der Waals surface area contributed by atoms with Crippen molar-refractivity contribution in [2.24, 2.45) is 0 Å². The monoisotopic (exact) mass is 345 g/mol. The van der Waals surface area contributed by atoms with Gasteiger partial charge in [0.15, 0.2) is 0 Å². The first-order valence-electron chi connectivity index (χ1n) is 8.43. The van der Waals surface area contributed by atoms with Crippen LogP contribution in [0.15, 0.2) is 34.9 Å². The number of rotatable bonds is 3. The Labute approximate surface area is 146 Å². The van der Waals surface area contributed by atoms with Crippen LogP contribution in [-0.2, 0) is 11.2 Å². The fourth-order valence-electron chi connectivity index (χ4n) is 3.75. The minimum atomic E-state index is 0.155. The summed E-state index contributed by atoms with van der Waals surface area (Å²) < 4.78 is 5.54. The maximum atomic E-state index is 12.8. The van der Waals surface area contributed by atoms with Crippen LogP contribution >= 0.6 is 11.6 Å². The first kappa shape index (κ1) is 15.7. The van der Waals surface area contributed by atoms with Crippen LogP contribution in [0.4, 0.5) is 0 Å². The summed E-state index contributed by atoms with van der Waals surface area (Å²) in [6.45, 7) is 1.90. The van der Waals surface area contributed by atoms with Crippen molar-refractivity contribution in [2.45, 2.75) is 37.8 Å². The zero-order valence-electron chi connectivity index (χ0n) is 13.4. The molecule has 6 heteroatoms. The molecule has 5 nitrogen and oxygen atoms in total. The van der Waals surface area contributed by atoms with Crippen molar-refractivity contribution in [2.75, 3.05) is 13.1 Å². The molecular formula is C18H20ClN3O2. The Morgan fingerprint density at radius 3 is 2.88 bits per heavy atom. The standard InChI is InChI=1S/C18H20ClN3O2/c19-13-3-1-12(2-4-13)18-21-14(11-24-18)9-17(23)22-15-5-6-16(22)10-20-8-7-15/h1-4,11,15-16,20H,5-10H2. The van der Waals surface area contributed by atoms with E-state index in [2.05, 4.69) is 15.2 Å². The smallest absolute Gasteiger partial charge is 0.229 e. The topological polar surface area (TPSA) is 58.4 Å². The molecule has 2 fully saturated rings. The van der Waals surface area contributed by atoms with Crippen LogP contribution in [0.1, 0.15) is 25.0 Å². The Hall–Kier alpha value is -1.85. The highest BCUT2D eigenvalue weighted by Gasteiger charge is 2.37. The van der Waals surface area contributed by atoms with Gasteiger partial charge in [-0.25, -0.2) is 4.98 Å². The average Bonchev–Trinajstić information content (AvgIpc) is 3.11. The normalized spacial score (nSPS) is 23.3. The van der Waals surface area contributed by atoms with Crippen molar-refractivity contribution >= 4 is 17.5 Å². The van der Waals surface area contributed by atoms with Gasteiger partial charge in [0.25, 0.3) is 0 Å². The van der Waals surface area contributed by atoms with Gasteiger partial charge in [-0.05, 0) is 50.1 Å². The van der Waals surface area contributed by atoms with Gasteiger partial charge in [0.05, 0.1) is 12.1 Å². The van der Waals surface area contributed by atoms with Crippen molar-refractivity contribution in [3.63, 3.8) is 0 Å². The number of nitrogens with zero attached hydrogens (tertiary/aromatic N) is 2. The summed E-state index contributed by atoms with van der Waals surface area (Å²) in [5.74, 6) is 0.678. The summed E-state index contributed by atoms with van der Waals surface area (Å²) in [4.78, 5) is 19.3. The molecule has 2 unspecified atom stereocenters. The van der Waals surface area contributed by atoms with E-state index >= 15 is 0 Å². The minimum Gasteiger partial charge on any atom is -0.444 e. The molecule has 2 aliphatic rings. The van der Waals surface area contributed by atoms with E-state index in [0.29, 0.717) is 35.1 Å². The molecule has 0 radical (unpaired) electrons. The van der Waals surface area contributed by atoms with Crippen LogP contribution in [0.25, 0.3) is 11.5 Å². The van der Waals surface area contributed by atoms with E-state index in [4.69, 9.17) is 16.0 Å². The zero-order chi connectivity index (χ0) is 16.5. The molecule has 0 aliphatic carbocycles. The van der Waals surface area contributed by atoms with Crippen molar-refractivity contribution in [1.82, 2.24) is 15.2 Å². The molecule has 1 amide bonds. The molecule has 2 atom stereocenters. The molecule has 126 valence electrons. The number of amides is 1. The van der Waals surface area contributed by atoms with Gasteiger partial charge in [-0.15, -0.1) is 0 Å². The van der Waals surface area contributed by atoms with Gasteiger partial charge in [0.1, 0.15) is 6.26 Å². The van der Waals surface area contributed by atoms with Gasteiger partial charge in [-0.1, -0.05) is 11.6 Å². The minimum absolute atomic E-state index is 0.155. The summed E-state index contributed by atoms with van der Waals surface area (Å²) in [5.41, 5.74) is 1.54. The third kappa shape index (κ3) is 3.06. The molecule has 2 bridgehead atoms. The predicted octanol–water partition coefficient (Wildman–Crippen LogP) is 2.89. The molecule has 1 aromatic carbocycles. The Morgan fingerprint density at radius 2 is 2.04 bits per heavy atom. The van der Waals surface area contributed by atoms with Crippen LogP contribution in [0, 0.1) is 0 Å². The highest BCUT2D eigenvalue weighted by molar-refractivity contribution is 6.30. The lowest BCUT2D eigenvalue weighted by Gasteiger charge is -2.27. The number of fused-ring (bicyclic) bond motifs is 2. The lowest BCUT2D eigenvalue weighted by molar-refractivity contribution is -0.133. The number of carbonyl (C=O) groups is 1. The van der Waals surface area contributed by atoms with E-state index in [9.17, 15) is 4.79 Å². The van der Waals surface area contributed by atoms with Crippen LogP contribution in [0.5, 0.6) is 0 Å². The quantitative estimate of drug-likeness (QED) is 0.929. The lowest BCUT2D eigenvalue weighted by atomic mass is 10.1. The summed E-state index contributed by atoms with van der Waals surface area (Å²) in [7, 11) is 0. The van der Waals surface area contributed by atoms with Gasteiger partial charge in [0, 0.05) is 29.2 Å². The molecule has 0 saturated carbocycles. The molecular weight excluding hydrogens is 326 g/mol. The van der Waals surface area contributed by atoms with Gasteiger partial charge in [-0.3, -0.25) is 4.79 Å². The van der Waals surface area contributed by atoms with Crippen LogP contribution in [0.3, 0.4) is 0 Å². The van der Waals surface area contributed by atoms with Gasteiger partial charge in [0.2, 0.25) is 11.8 Å². The fraction of sp³-hybridized carbons (Fsp3) is 0.444. The van der Waals surface area contributed by atoms with E-state index in [0.717, 1.165) is 37.9 Å². The number of aromatic nitrogens is 1. The molecule has 2 aliphatic heterocycles. The number of halogens is 1. The second-order valence-electron chi connectivity index (χ2n) is 6.51. The number of carbonyl (C=O) groups excluding carboxylic acids is 1. The van der Waals surface area contributed by atoms with E-state index in [1.54, 1.807) is 18.4 Å². The highest BCUT2D eigenvalue weighted by atomic mass is 35.5. The van der Waals surface area contributed by atoms with Gasteiger partial charge in [-0.2, -0.15) is 0 Å². The summed E-state index contributed by atoms with van der Waals surface area (Å²) in [6.07, 6.45) is 5.13. The number of benzene rings is 1. The fourth-order valence-corrected chi connectivity index (χ4v) is 3.87. The van der Waals surface area contributed by atoms with Crippen molar-refractivity contribution in [3.8, 4) is 11.5 Å². The van der Waals surface area contributed by atoms with Crippen molar-refractivity contribution in [1.29, 1.82) is 0 Å². The van der Waals surface area contributed by atoms with Crippen molar-refractivity contribution in [3.05, 3.63) is 41.2 Å². The molecule has 2 saturated heterocycles. The third-order valence-corrected chi connectivity index (χ3v) is 5.17. The number of nitrogens with one attached hydrogen (secondary N) is 1. The van der Waals surface area contributed by atoms with E-state index in [1.807, 2.05) is 12.1 Å². The maximum Gasteiger partial charge on any atom is 0.229 e. The zero-order valence-corrected chi connectivity index (χ0v) is 14.1. The predicted molar refractivity (Wildman–Crippen MR) is 91.8 cm³/mol. The second kappa shape index (κ2) is 6.57. The van der Waals surface area contributed by atoms with Crippen LogP contribution in [0.2, 0.25) is 5.02 Å². The lowest BCUT2D eigenvalue weighted by Crippen LogP contribution is -2.43. The molecule has 24 heavy (non-hydrogen) atoms. The molecule has 1 aromatic heterocycles. The Morgan fingerprint density at radius 1 is 1.25 bits per heavy atom. The van der Waals surface area contributed by atoms with E-state index in [-0.39, 0.29) is 5.91 Å². The number of hydrogen-bond donors (Lipinski definition) is 1. The SMILES string of the molecule is O=C(Cc1coc(-c2ccc(Cl)cc2)n1)N1C2CCNCC1CC2. The summed E-state index contributed by atoms with van der Waals surface area (Å²) >= 11 is 5.90. The molecule has 1 N–H and O–H groups in total. The summed E-state index contributed by atoms with van der Waals surface area (Å²) in [6, 6.07) is 8.02. The summed E-state index contributed by atoms with van der Waals surface area (Å²) in [5, 5.41) is 4.09. The molecule has 4 rings (SSSR count). The van der Waals surface area contributed by atoms with Gasteiger partial charge >= 0.3 is 0 Å². The average molecular weight is 346 g/mol. The molecule has 3 heterocycles. The molecule has 2 aromatic rings. The highest BCUT2D eigenvalue weighted by Crippen LogP contribution is 2.29. The number of hydrogen-bond acceptors (Lipinski definition) is 4. The van der Waals surface area contributed by atoms with Crippen molar-refractivity contribution < 1.29 is 9.21 Å². The largest absolute Gasteiger partial charge is 0.444 e. The second-order valence-corrected chi connectivity index (χ2v) is 6.94. The first-order chi connectivity index (χ1) is 11.7. The number of oxazole rings is 1. The maximum absolute atomic E-state index is 12.8. The first-order valence-corrected chi connectivity index (χ1v) is 8.81. The van der Waals surface area contributed by atoms with Gasteiger partial charge < -0.3 is 14.6 Å². The van der Waals surface area contributed by atoms with Crippen LogP contribution in [-0.4, -0.2) is 41.0 Å². The van der Waals surface area contributed by atoms with Crippen LogP contribution < -0.4 is 5.32 Å². The Kier molecular flexibility index (Phi) is 4.29. The Bertz CT molecular complexity index is 714. The third-order valence-electron chi connectivity index (χ3n) is 4.92.